The maximum atomic E-state index is 12.6. The number of carbonyl (C=O) groups excluding carboxylic acids is 1. The van der Waals surface area contributed by atoms with Crippen LogP contribution >= 0.6 is 11.8 Å². The number of rotatable bonds is 3. The van der Waals surface area contributed by atoms with Gasteiger partial charge in [0.25, 0.3) is 0 Å². The molecule has 0 radical (unpaired) electrons. The Morgan fingerprint density at radius 3 is 2.57 bits per heavy atom. The first-order valence-electron chi connectivity index (χ1n) is 8.68. The number of morpholine rings is 2. The van der Waals surface area contributed by atoms with Gasteiger partial charge in [0.05, 0.1) is 25.4 Å². The highest BCUT2D eigenvalue weighted by Crippen LogP contribution is 2.33. The average molecular weight is 343 g/mol. The molecule has 23 heavy (non-hydrogen) atoms. The Morgan fingerprint density at radius 1 is 1.26 bits per heavy atom. The van der Waals surface area contributed by atoms with Gasteiger partial charge in [-0.1, -0.05) is 0 Å². The van der Waals surface area contributed by atoms with Gasteiger partial charge in [0.15, 0.2) is 0 Å². The van der Waals surface area contributed by atoms with Gasteiger partial charge in [-0.3, -0.25) is 4.90 Å². The summed E-state index contributed by atoms with van der Waals surface area (Å²) in [5.41, 5.74) is 0.105. The maximum absolute atomic E-state index is 12.6. The van der Waals surface area contributed by atoms with Crippen LogP contribution < -0.4 is 5.32 Å². The second-order valence-electron chi connectivity index (χ2n) is 6.95. The molecule has 6 nitrogen and oxygen atoms in total. The Morgan fingerprint density at radius 2 is 1.96 bits per heavy atom. The lowest BCUT2D eigenvalue weighted by molar-refractivity contribution is -0.0552. The van der Waals surface area contributed by atoms with Crippen LogP contribution in [-0.4, -0.2) is 91.0 Å². The molecule has 3 aliphatic rings. The zero-order valence-electron chi connectivity index (χ0n) is 14.3. The number of nitrogens with one attached hydrogen (secondary N) is 1. The van der Waals surface area contributed by atoms with Crippen molar-refractivity contribution in [2.45, 2.75) is 38.0 Å². The van der Waals surface area contributed by atoms with Gasteiger partial charge in [-0.15, -0.1) is 0 Å². The summed E-state index contributed by atoms with van der Waals surface area (Å²) in [6.45, 7) is 9.70. The van der Waals surface area contributed by atoms with E-state index in [2.05, 4.69) is 10.2 Å². The van der Waals surface area contributed by atoms with E-state index in [1.165, 1.54) is 5.75 Å². The lowest BCUT2D eigenvalue weighted by Crippen LogP contribution is -2.61. The van der Waals surface area contributed by atoms with Crippen molar-refractivity contribution in [3.05, 3.63) is 0 Å². The normalized spacial score (nSPS) is 36.2. The van der Waals surface area contributed by atoms with Crippen molar-refractivity contribution in [2.75, 3.05) is 57.4 Å². The molecular formula is C16H29N3O3S. The van der Waals surface area contributed by atoms with Crippen LogP contribution in [0.2, 0.25) is 0 Å². The number of carbonyl (C=O) groups is 1. The number of hydrogen-bond donors (Lipinski definition) is 1. The highest BCUT2D eigenvalue weighted by molar-refractivity contribution is 7.99. The Labute approximate surface area is 143 Å². The van der Waals surface area contributed by atoms with Crippen molar-refractivity contribution in [1.29, 1.82) is 0 Å². The molecule has 0 saturated carbocycles. The molecule has 3 rings (SSSR count). The van der Waals surface area contributed by atoms with Crippen molar-refractivity contribution in [2.24, 2.45) is 0 Å². The molecule has 0 spiro atoms. The summed E-state index contributed by atoms with van der Waals surface area (Å²) in [4.78, 5) is 17.0. The second-order valence-corrected chi connectivity index (χ2v) is 8.05. The number of amides is 2. The van der Waals surface area contributed by atoms with Crippen LogP contribution in [0.15, 0.2) is 0 Å². The molecule has 7 heteroatoms. The van der Waals surface area contributed by atoms with Crippen LogP contribution in [0.25, 0.3) is 0 Å². The molecule has 3 unspecified atom stereocenters. The smallest absolute Gasteiger partial charge is 0.317 e. The van der Waals surface area contributed by atoms with Gasteiger partial charge in [-0.2, -0.15) is 11.8 Å². The van der Waals surface area contributed by atoms with Crippen LogP contribution in [0.3, 0.4) is 0 Å². The van der Waals surface area contributed by atoms with Crippen LogP contribution in [-0.2, 0) is 9.47 Å². The van der Waals surface area contributed by atoms with Crippen molar-refractivity contribution in [3.8, 4) is 0 Å². The molecule has 3 fully saturated rings. The number of nitrogens with zero attached hydrogens (tertiary/aromatic N) is 2. The first-order valence-corrected chi connectivity index (χ1v) is 9.83. The molecule has 3 aliphatic heterocycles. The van der Waals surface area contributed by atoms with Crippen LogP contribution in [0.5, 0.6) is 0 Å². The van der Waals surface area contributed by atoms with Gasteiger partial charge in [-0.05, 0) is 26.0 Å². The van der Waals surface area contributed by atoms with E-state index >= 15 is 0 Å². The lowest BCUT2D eigenvalue weighted by atomic mass is 9.95. The maximum Gasteiger partial charge on any atom is 0.317 e. The van der Waals surface area contributed by atoms with Crippen LogP contribution in [0, 0.1) is 0 Å². The van der Waals surface area contributed by atoms with E-state index in [0.29, 0.717) is 13.1 Å². The number of urea groups is 1. The third-order valence-corrected chi connectivity index (χ3v) is 6.27. The Hall–Kier alpha value is -0.500. The first kappa shape index (κ1) is 17.3. The first-order chi connectivity index (χ1) is 11.1. The molecule has 0 aromatic rings. The molecule has 3 saturated heterocycles. The summed E-state index contributed by atoms with van der Waals surface area (Å²) < 4.78 is 11.2. The van der Waals surface area contributed by atoms with Crippen molar-refractivity contribution in [3.63, 3.8) is 0 Å². The molecule has 132 valence electrons. The molecule has 3 atom stereocenters. The number of thioether (sulfide) groups is 1. The van der Waals surface area contributed by atoms with E-state index in [1.54, 1.807) is 0 Å². The van der Waals surface area contributed by atoms with Gasteiger partial charge < -0.3 is 19.7 Å². The topological polar surface area (TPSA) is 54.0 Å². The summed E-state index contributed by atoms with van der Waals surface area (Å²) in [6.07, 6.45) is 1.37. The molecule has 0 bridgehead atoms. The predicted octanol–water partition coefficient (Wildman–Crippen LogP) is 1.01. The van der Waals surface area contributed by atoms with E-state index in [9.17, 15) is 4.79 Å². The average Bonchev–Trinajstić information content (AvgIpc) is 3.03. The van der Waals surface area contributed by atoms with Gasteiger partial charge in [0.1, 0.15) is 0 Å². The summed E-state index contributed by atoms with van der Waals surface area (Å²) >= 11 is 2.00. The molecule has 1 N–H and O–H groups in total. The highest BCUT2D eigenvalue weighted by Gasteiger charge is 2.41. The minimum atomic E-state index is 0.0523. The lowest BCUT2D eigenvalue weighted by Gasteiger charge is -2.43. The third-order valence-electron chi connectivity index (χ3n) is 5.04. The zero-order valence-corrected chi connectivity index (χ0v) is 15.1. The van der Waals surface area contributed by atoms with E-state index in [4.69, 9.17) is 9.47 Å². The van der Waals surface area contributed by atoms with Crippen molar-refractivity contribution < 1.29 is 14.3 Å². The van der Waals surface area contributed by atoms with Gasteiger partial charge in [0, 0.05) is 44.0 Å². The summed E-state index contributed by atoms with van der Waals surface area (Å²) in [7, 11) is 0. The van der Waals surface area contributed by atoms with Crippen molar-refractivity contribution >= 4 is 17.8 Å². The second kappa shape index (κ2) is 7.59. The molecule has 0 aliphatic carbocycles. The fourth-order valence-electron chi connectivity index (χ4n) is 3.83. The fourth-order valence-corrected chi connectivity index (χ4v) is 5.31. The predicted molar refractivity (Wildman–Crippen MR) is 92.0 cm³/mol. The summed E-state index contributed by atoms with van der Waals surface area (Å²) in [5, 5.41) is 3.21. The quantitative estimate of drug-likeness (QED) is 0.829. The van der Waals surface area contributed by atoms with Gasteiger partial charge in [0.2, 0.25) is 0 Å². The minimum Gasteiger partial charge on any atom is -0.379 e. The van der Waals surface area contributed by atoms with E-state index in [0.717, 1.165) is 45.0 Å². The van der Waals surface area contributed by atoms with Gasteiger partial charge in [-0.25, -0.2) is 4.79 Å². The monoisotopic (exact) mass is 343 g/mol. The summed E-state index contributed by atoms with van der Waals surface area (Å²) in [5.74, 6) is 2.28. The Bertz CT molecular complexity index is 401. The van der Waals surface area contributed by atoms with Crippen LogP contribution in [0.1, 0.15) is 20.3 Å². The van der Waals surface area contributed by atoms with Crippen LogP contribution in [0.4, 0.5) is 4.79 Å². The number of hydrogen-bond acceptors (Lipinski definition) is 5. The highest BCUT2D eigenvalue weighted by atomic mass is 32.2. The van der Waals surface area contributed by atoms with Gasteiger partial charge >= 0.3 is 6.03 Å². The SMILES string of the molecule is CC1CN(C(=O)NCC2(N3CCOCC3)CCSC2)CC(C)O1. The molecule has 3 heterocycles. The Balaban J connectivity index is 1.57. The molecule has 0 aromatic carbocycles. The van der Waals surface area contributed by atoms with E-state index < -0.39 is 0 Å². The fraction of sp³-hybridized carbons (Fsp3) is 0.938. The van der Waals surface area contributed by atoms with Crippen molar-refractivity contribution in [1.82, 2.24) is 15.1 Å². The molecule has 2 amide bonds. The van der Waals surface area contributed by atoms with E-state index in [-0.39, 0.29) is 23.8 Å². The Kier molecular flexibility index (Phi) is 5.72. The zero-order chi connectivity index (χ0) is 16.3. The largest absolute Gasteiger partial charge is 0.379 e. The number of ether oxygens (including phenoxy) is 2. The van der Waals surface area contributed by atoms with E-state index in [1.807, 2.05) is 30.5 Å². The molecular weight excluding hydrogens is 314 g/mol. The molecule has 0 aromatic heterocycles. The summed E-state index contributed by atoms with van der Waals surface area (Å²) in [6, 6.07) is 0.0523. The third kappa shape index (κ3) is 4.13. The standard InChI is InChI=1S/C16H29N3O3S/c1-13-9-18(10-14(2)22-13)15(20)17-11-16(3-8-23-12-16)19-4-6-21-7-5-19/h13-14H,3-12H2,1-2H3,(H,17,20). The minimum absolute atomic E-state index is 0.0523.